The molecule has 0 aromatic carbocycles. The van der Waals surface area contributed by atoms with Gasteiger partial charge in [0, 0.05) is 16.3 Å². The molecule has 2 aromatic rings. The van der Waals surface area contributed by atoms with Crippen LogP contribution in [0.1, 0.15) is 29.3 Å². The molecular formula is C13H18N4O2S. The number of hydrogen-bond donors (Lipinski definition) is 1. The molecule has 108 valence electrons. The molecule has 0 amide bonds. The summed E-state index contributed by atoms with van der Waals surface area (Å²) in [5.74, 6) is 0.487. The first-order chi connectivity index (χ1) is 9.56. The van der Waals surface area contributed by atoms with Gasteiger partial charge in [-0.15, -0.1) is 11.3 Å². The summed E-state index contributed by atoms with van der Waals surface area (Å²) >= 11 is 1.72. The van der Waals surface area contributed by atoms with Crippen LogP contribution in [-0.2, 0) is 19.5 Å². The Hall–Kier alpha value is -1.89. The lowest BCUT2D eigenvalue weighted by Gasteiger charge is -2.06. The van der Waals surface area contributed by atoms with E-state index in [0.717, 1.165) is 11.3 Å². The van der Waals surface area contributed by atoms with Crippen molar-refractivity contribution in [3.8, 4) is 0 Å². The molecular weight excluding hydrogens is 276 g/mol. The standard InChI is InChI=1S/C13H18N4O2S/c1-4-10-6-7-11(20-10)8-14-13-12(17(18)19)9(3)15-16(13)5-2/h6-7,14H,4-5,8H2,1-3H3. The second-order valence-corrected chi connectivity index (χ2v) is 5.68. The van der Waals surface area contributed by atoms with Gasteiger partial charge < -0.3 is 5.32 Å². The van der Waals surface area contributed by atoms with Crippen LogP contribution < -0.4 is 5.32 Å². The van der Waals surface area contributed by atoms with Crippen molar-refractivity contribution in [2.24, 2.45) is 0 Å². The molecule has 0 bridgehead atoms. The predicted octanol–water partition coefficient (Wildman–Crippen LogP) is 3.36. The number of thiophene rings is 1. The van der Waals surface area contributed by atoms with Crippen LogP contribution in [0.2, 0.25) is 0 Å². The fraction of sp³-hybridized carbons (Fsp3) is 0.462. The van der Waals surface area contributed by atoms with Crippen LogP contribution in [-0.4, -0.2) is 14.7 Å². The van der Waals surface area contributed by atoms with Gasteiger partial charge in [0.15, 0.2) is 0 Å². The molecule has 0 aliphatic heterocycles. The van der Waals surface area contributed by atoms with Gasteiger partial charge in [-0.3, -0.25) is 10.1 Å². The van der Waals surface area contributed by atoms with Gasteiger partial charge in [-0.05, 0) is 32.4 Å². The summed E-state index contributed by atoms with van der Waals surface area (Å²) in [5.41, 5.74) is 0.513. The van der Waals surface area contributed by atoms with Crippen LogP contribution in [0.5, 0.6) is 0 Å². The zero-order valence-corrected chi connectivity index (χ0v) is 12.7. The van der Waals surface area contributed by atoms with Gasteiger partial charge in [-0.1, -0.05) is 6.92 Å². The molecule has 0 saturated carbocycles. The minimum absolute atomic E-state index is 0.0686. The predicted molar refractivity (Wildman–Crippen MR) is 80.3 cm³/mol. The molecule has 0 saturated heterocycles. The highest BCUT2D eigenvalue weighted by Gasteiger charge is 2.24. The van der Waals surface area contributed by atoms with Crippen molar-refractivity contribution in [2.75, 3.05) is 5.32 Å². The van der Waals surface area contributed by atoms with E-state index >= 15 is 0 Å². The molecule has 1 N–H and O–H groups in total. The Balaban J connectivity index is 2.21. The van der Waals surface area contributed by atoms with Gasteiger partial charge in [0.1, 0.15) is 5.69 Å². The van der Waals surface area contributed by atoms with E-state index in [-0.39, 0.29) is 10.6 Å². The third-order valence-electron chi connectivity index (χ3n) is 3.07. The Morgan fingerprint density at radius 2 is 2.10 bits per heavy atom. The van der Waals surface area contributed by atoms with Crippen molar-refractivity contribution < 1.29 is 4.92 Å². The first kappa shape index (κ1) is 14.5. The molecule has 0 atom stereocenters. The van der Waals surface area contributed by atoms with Crippen LogP contribution in [0.4, 0.5) is 11.5 Å². The number of nitro groups is 1. The van der Waals surface area contributed by atoms with E-state index in [2.05, 4.69) is 29.5 Å². The molecule has 6 nitrogen and oxygen atoms in total. The van der Waals surface area contributed by atoms with E-state index in [1.54, 1.807) is 22.9 Å². The molecule has 0 spiro atoms. The van der Waals surface area contributed by atoms with Crippen LogP contribution in [0.25, 0.3) is 0 Å². The smallest absolute Gasteiger partial charge is 0.333 e. The number of aryl methyl sites for hydroxylation is 3. The lowest BCUT2D eigenvalue weighted by Crippen LogP contribution is -2.07. The van der Waals surface area contributed by atoms with Gasteiger partial charge in [0.2, 0.25) is 5.82 Å². The van der Waals surface area contributed by atoms with Crippen LogP contribution >= 0.6 is 11.3 Å². The monoisotopic (exact) mass is 294 g/mol. The van der Waals surface area contributed by atoms with Gasteiger partial charge in [-0.25, -0.2) is 4.68 Å². The summed E-state index contributed by atoms with van der Waals surface area (Å²) in [6.45, 7) is 6.87. The van der Waals surface area contributed by atoms with Crippen molar-refractivity contribution >= 4 is 22.8 Å². The van der Waals surface area contributed by atoms with E-state index in [1.165, 1.54) is 4.88 Å². The quantitative estimate of drug-likeness (QED) is 0.655. The van der Waals surface area contributed by atoms with Crippen LogP contribution in [0.3, 0.4) is 0 Å². The van der Waals surface area contributed by atoms with Gasteiger partial charge in [-0.2, -0.15) is 5.10 Å². The van der Waals surface area contributed by atoms with Crippen molar-refractivity contribution in [2.45, 2.75) is 40.3 Å². The summed E-state index contributed by atoms with van der Waals surface area (Å²) in [6, 6.07) is 4.15. The molecule has 2 aromatic heterocycles. The molecule has 0 unspecified atom stereocenters. The number of aromatic nitrogens is 2. The third-order valence-corrected chi connectivity index (χ3v) is 4.30. The number of nitrogens with zero attached hydrogens (tertiary/aromatic N) is 3. The summed E-state index contributed by atoms with van der Waals surface area (Å²) in [4.78, 5) is 13.3. The number of hydrogen-bond acceptors (Lipinski definition) is 5. The summed E-state index contributed by atoms with van der Waals surface area (Å²) in [7, 11) is 0. The number of anilines is 1. The molecule has 0 radical (unpaired) electrons. The molecule has 2 heterocycles. The molecule has 2 rings (SSSR count). The van der Waals surface area contributed by atoms with E-state index in [0.29, 0.717) is 24.6 Å². The molecule has 0 aliphatic rings. The van der Waals surface area contributed by atoms with E-state index in [1.807, 2.05) is 6.92 Å². The fourth-order valence-electron chi connectivity index (χ4n) is 2.07. The second-order valence-electron chi connectivity index (χ2n) is 4.43. The van der Waals surface area contributed by atoms with Crippen molar-refractivity contribution in [1.82, 2.24) is 9.78 Å². The fourth-order valence-corrected chi connectivity index (χ4v) is 2.97. The Bertz CT molecular complexity index is 618. The Labute approximate surface area is 121 Å². The second kappa shape index (κ2) is 6.04. The zero-order chi connectivity index (χ0) is 14.7. The first-order valence-electron chi connectivity index (χ1n) is 6.60. The van der Waals surface area contributed by atoms with Crippen molar-refractivity contribution in [1.29, 1.82) is 0 Å². The average molecular weight is 294 g/mol. The average Bonchev–Trinajstić information content (AvgIpc) is 2.99. The topological polar surface area (TPSA) is 73.0 Å². The molecule has 0 fully saturated rings. The highest BCUT2D eigenvalue weighted by atomic mass is 32.1. The summed E-state index contributed by atoms with van der Waals surface area (Å²) in [6.07, 6.45) is 1.01. The highest BCUT2D eigenvalue weighted by molar-refractivity contribution is 7.12. The molecule has 7 heteroatoms. The van der Waals surface area contributed by atoms with Gasteiger partial charge in [0.25, 0.3) is 0 Å². The summed E-state index contributed by atoms with van der Waals surface area (Å²) < 4.78 is 1.64. The Morgan fingerprint density at radius 1 is 1.40 bits per heavy atom. The van der Waals surface area contributed by atoms with E-state index < -0.39 is 0 Å². The minimum Gasteiger partial charge on any atom is -0.360 e. The maximum Gasteiger partial charge on any atom is 0.333 e. The van der Waals surface area contributed by atoms with Crippen molar-refractivity contribution in [3.63, 3.8) is 0 Å². The molecule has 0 aliphatic carbocycles. The van der Waals surface area contributed by atoms with E-state index in [9.17, 15) is 10.1 Å². The van der Waals surface area contributed by atoms with E-state index in [4.69, 9.17) is 0 Å². The van der Waals surface area contributed by atoms with Crippen LogP contribution in [0.15, 0.2) is 12.1 Å². The van der Waals surface area contributed by atoms with Gasteiger partial charge >= 0.3 is 5.69 Å². The lowest BCUT2D eigenvalue weighted by molar-refractivity contribution is -0.384. The number of rotatable bonds is 6. The van der Waals surface area contributed by atoms with Gasteiger partial charge in [0.05, 0.1) is 11.5 Å². The SMILES string of the molecule is CCc1ccc(CNc2c([N+](=O)[O-])c(C)nn2CC)s1. The third kappa shape index (κ3) is 2.82. The molecule has 20 heavy (non-hydrogen) atoms. The normalized spacial score (nSPS) is 10.8. The highest BCUT2D eigenvalue weighted by Crippen LogP contribution is 2.29. The maximum atomic E-state index is 11.1. The maximum absolute atomic E-state index is 11.1. The lowest BCUT2D eigenvalue weighted by atomic mass is 10.3. The minimum atomic E-state index is -0.372. The van der Waals surface area contributed by atoms with Crippen LogP contribution in [0, 0.1) is 17.0 Å². The summed E-state index contributed by atoms with van der Waals surface area (Å²) in [5, 5.41) is 18.5. The zero-order valence-electron chi connectivity index (χ0n) is 11.8. The first-order valence-corrected chi connectivity index (χ1v) is 7.41. The number of nitrogens with one attached hydrogen (secondary N) is 1. The Morgan fingerprint density at radius 3 is 2.65 bits per heavy atom. The van der Waals surface area contributed by atoms with Crippen molar-refractivity contribution in [3.05, 3.63) is 37.7 Å². The largest absolute Gasteiger partial charge is 0.360 e. The Kier molecular flexibility index (Phi) is 4.39.